The second-order valence-corrected chi connectivity index (χ2v) is 6.21. The summed E-state index contributed by atoms with van der Waals surface area (Å²) in [5.41, 5.74) is 2.98. The average molecular weight is 357 g/mol. The van der Waals surface area contributed by atoms with Crippen LogP contribution in [0.1, 0.15) is 23.6 Å². The average Bonchev–Trinajstić information content (AvgIpc) is 3.09. The third-order valence-corrected chi connectivity index (χ3v) is 4.60. The maximum Gasteiger partial charge on any atom is 0.129 e. The molecule has 3 rings (SSSR count). The monoisotopic (exact) mass is 356 g/mol. The minimum Gasteiger partial charge on any atom is -0.364 e. The molecule has 0 saturated heterocycles. The fourth-order valence-corrected chi connectivity index (χ4v) is 3.23. The van der Waals surface area contributed by atoms with E-state index in [1.165, 1.54) is 5.56 Å². The highest BCUT2D eigenvalue weighted by molar-refractivity contribution is 9.10. The van der Waals surface area contributed by atoms with Crippen molar-refractivity contribution in [3.8, 4) is 0 Å². The maximum absolute atomic E-state index is 5.07. The van der Waals surface area contributed by atoms with Crippen LogP contribution in [0.25, 0.3) is 0 Å². The highest BCUT2D eigenvalue weighted by Gasteiger charge is 2.31. The van der Waals surface area contributed by atoms with Gasteiger partial charge in [-0.05, 0) is 24.1 Å². The van der Waals surface area contributed by atoms with E-state index in [1.54, 1.807) is 12.5 Å². The zero-order chi connectivity index (χ0) is 15.4. The van der Waals surface area contributed by atoms with E-state index in [1.807, 2.05) is 36.4 Å². The van der Waals surface area contributed by atoms with Crippen LogP contribution < -0.4 is 5.32 Å². The molecule has 22 heavy (non-hydrogen) atoms. The summed E-state index contributed by atoms with van der Waals surface area (Å²) in [6, 6.07) is 18.5. The van der Waals surface area contributed by atoms with Gasteiger partial charge in [0, 0.05) is 16.6 Å². The first kappa shape index (κ1) is 15.0. The van der Waals surface area contributed by atoms with E-state index in [9.17, 15) is 0 Å². The molecule has 0 aliphatic rings. The second kappa shape index (κ2) is 6.46. The fraction of sp³-hybridized carbons (Fsp3) is 0.167. The summed E-state index contributed by atoms with van der Waals surface area (Å²) in [5, 5.41) is 7.51. The summed E-state index contributed by atoms with van der Waals surface area (Å²) in [6.45, 7) is 2.90. The Hall–Kier alpha value is -1.91. The summed E-state index contributed by atoms with van der Waals surface area (Å²) in [7, 11) is 0. The first-order chi connectivity index (χ1) is 10.7. The molecule has 0 amide bonds. The molecule has 0 bridgehead atoms. The van der Waals surface area contributed by atoms with Crippen LogP contribution in [0.4, 0.5) is 0 Å². The number of rotatable bonds is 5. The molecular weight excluding hydrogens is 340 g/mol. The molecule has 3 nitrogen and oxygen atoms in total. The van der Waals surface area contributed by atoms with Crippen molar-refractivity contribution in [1.82, 2.24) is 10.5 Å². The summed E-state index contributed by atoms with van der Waals surface area (Å²) >= 11 is 3.65. The van der Waals surface area contributed by atoms with Gasteiger partial charge >= 0.3 is 0 Å². The number of hydrogen-bond acceptors (Lipinski definition) is 3. The Kier molecular flexibility index (Phi) is 4.41. The van der Waals surface area contributed by atoms with Crippen LogP contribution in [0.2, 0.25) is 0 Å². The van der Waals surface area contributed by atoms with Crippen molar-refractivity contribution >= 4 is 15.9 Å². The number of benzene rings is 2. The van der Waals surface area contributed by atoms with Crippen LogP contribution in [-0.2, 0) is 12.1 Å². The van der Waals surface area contributed by atoms with Gasteiger partial charge in [0.15, 0.2) is 0 Å². The molecule has 0 saturated carbocycles. The van der Waals surface area contributed by atoms with E-state index < -0.39 is 5.54 Å². The van der Waals surface area contributed by atoms with Crippen molar-refractivity contribution in [3.05, 3.63) is 88.2 Å². The lowest BCUT2D eigenvalue weighted by atomic mass is 9.86. The molecule has 4 heteroatoms. The molecule has 1 atom stereocenters. The van der Waals surface area contributed by atoms with Crippen LogP contribution >= 0.6 is 15.9 Å². The molecular formula is C18H17BrN2O. The van der Waals surface area contributed by atoms with Gasteiger partial charge < -0.3 is 4.52 Å². The van der Waals surface area contributed by atoms with E-state index >= 15 is 0 Å². The first-order valence-corrected chi connectivity index (χ1v) is 7.93. The largest absolute Gasteiger partial charge is 0.364 e. The van der Waals surface area contributed by atoms with Crippen molar-refractivity contribution < 1.29 is 4.52 Å². The van der Waals surface area contributed by atoms with Crippen LogP contribution in [-0.4, -0.2) is 5.16 Å². The summed E-state index contributed by atoms with van der Waals surface area (Å²) in [5.74, 6) is 0. The smallest absolute Gasteiger partial charge is 0.129 e. The molecule has 0 aliphatic carbocycles. The number of nitrogens with one attached hydrogen (secondary N) is 1. The van der Waals surface area contributed by atoms with Gasteiger partial charge in [-0.15, -0.1) is 0 Å². The normalized spacial score (nSPS) is 13.7. The Morgan fingerprint density at radius 2 is 1.82 bits per heavy atom. The highest BCUT2D eigenvalue weighted by Crippen LogP contribution is 2.34. The molecule has 1 unspecified atom stereocenters. The van der Waals surface area contributed by atoms with Gasteiger partial charge in [0.05, 0.1) is 11.7 Å². The molecule has 1 aromatic heterocycles. The van der Waals surface area contributed by atoms with E-state index in [2.05, 4.69) is 51.5 Å². The van der Waals surface area contributed by atoms with E-state index in [-0.39, 0.29) is 0 Å². The number of nitrogens with zero attached hydrogens (tertiary/aromatic N) is 1. The minimum atomic E-state index is -0.393. The predicted octanol–water partition coefficient (Wildman–Crippen LogP) is 4.49. The summed E-state index contributed by atoms with van der Waals surface area (Å²) in [6.07, 6.45) is 3.45. The number of aromatic nitrogens is 1. The van der Waals surface area contributed by atoms with E-state index in [0.717, 1.165) is 22.1 Å². The zero-order valence-electron chi connectivity index (χ0n) is 12.3. The first-order valence-electron chi connectivity index (χ1n) is 7.14. The van der Waals surface area contributed by atoms with Gasteiger partial charge in [-0.1, -0.05) is 69.6 Å². The van der Waals surface area contributed by atoms with Crippen LogP contribution in [0.5, 0.6) is 0 Å². The van der Waals surface area contributed by atoms with Gasteiger partial charge in [-0.2, -0.15) is 0 Å². The van der Waals surface area contributed by atoms with Gasteiger partial charge in [0.1, 0.15) is 6.26 Å². The molecule has 1 heterocycles. The summed E-state index contributed by atoms with van der Waals surface area (Å²) in [4.78, 5) is 0. The third-order valence-electron chi connectivity index (χ3n) is 3.91. The lowest BCUT2D eigenvalue weighted by Crippen LogP contribution is -2.40. The molecule has 3 aromatic rings. The van der Waals surface area contributed by atoms with Crippen molar-refractivity contribution in [1.29, 1.82) is 0 Å². The SMILES string of the molecule is CC(NCc1ccccc1)(c1cnoc1)c1ccccc1Br. The van der Waals surface area contributed by atoms with Gasteiger partial charge in [-0.3, -0.25) is 5.32 Å². The van der Waals surface area contributed by atoms with Gasteiger partial charge in [0.25, 0.3) is 0 Å². The van der Waals surface area contributed by atoms with Crippen LogP contribution in [0, 0.1) is 0 Å². The van der Waals surface area contributed by atoms with Crippen molar-refractivity contribution in [2.75, 3.05) is 0 Å². The minimum absolute atomic E-state index is 0.393. The Morgan fingerprint density at radius 1 is 1.09 bits per heavy atom. The van der Waals surface area contributed by atoms with Gasteiger partial charge in [-0.25, -0.2) is 0 Å². The van der Waals surface area contributed by atoms with Crippen molar-refractivity contribution in [3.63, 3.8) is 0 Å². The lowest BCUT2D eigenvalue weighted by molar-refractivity contribution is 0.404. The van der Waals surface area contributed by atoms with Crippen molar-refractivity contribution in [2.24, 2.45) is 0 Å². The molecule has 2 aromatic carbocycles. The summed E-state index contributed by atoms with van der Waals surface area (Å²) < 4.78 is 6.12. The highest BCUT2D eigenvalue weighted by atomic mass is 79.9. The Bertz CT molecular complexity index is 728. The van der Waals surface area contributed by atoms with E-state index in [0.29, 0.717) is 0 Å². The van der Waals surface area contributed by atoms with Crippen LogP contribution in [0.3, 0.4) is 0 Å². The zero-order valence-corrected chi connectivity index (χ0v) is 13.9. The van der Waals surface area contributed by atoms with Gasteiger partial charge in [0.2, 0.25) is 0 Å². The fourth-order valence-electron chi connectivity index (χ4n) is 2.55. The molecule has 0 fully saturated rings. The standard InChI is InChI=1S/C18H17BrN2O/c1-18(15-12-21-22-13-15,16-9-5-6-10-17(16)19)20-11-14-7-3-2-4-8-14/h2-10,12-13,20H,11H2,1H3. The Labute approximate surface area is 138 Å². The molecule has 112 valence electrons. The number of halogens is 1. The van der Waals surface area contributed by atoms with Crippen LogP contribution in [0.15, 0.2) is 76.1 Å². The number of hydrogen-bond donors (Lipinski definition) is 1. The molecule has 0 radical (unpaired) electrons. The predicted molar refractivity (Wildman–Crippen MR) is 90.4 cm³/mol. The topological polar surface area (TPSA) is 38.1 Å². The quantitative estimate of drug-likeness (QED) is 0.731. The maximum atomic E-state index is 5.07. The third kappa shape index (κ3) is 2.98. The molecule has 1 N–H and O–H groups in total. The molecule has 0 aliphatic heterocycles. The second-order valence-electron chi connectivity index (χ2n) is 5.36. The van der Waals surface area contributed by atoms with E-state index in [4.69, 9.17) is 4.52 Å². The Balaban J connectivity index is 1.96. The lowest BCUT2D eigenvalue weighted by Gasteiger charge is -2.31. The Morgan fingerprint density at radius 3 is 2.50 bits per heavy atom. The molecule has 0 spiro atoms. The van der Waals surface area contributed by atoms with Crippen molar-refractivity contribution in [2.45, 2.75) is 19.0 Å².